The van der Waals surface area contributed by atoms with Crippen molar-refractivity contribution >= 4 is 27.5 Å². The van der Waals surface area contributed by atoms with Crippen LogP contribution in [0.2, 0.25) is 0 Å². The first-order chi connectivity index (χ1) is 12.0. The van der Waals surface area contributed by atoms with E-state index in [2.05, 4.69) is 4.98 Å². The Labute approximate surface area is 147 Å². The molecule has 0 fully saturated rings. The number of aromatic nitrogens is 2. The molecule has 0 saturated heterocycles. The van der Waals surface area contributed by atoms with Crippen molar-refractivity contribution in [1.82, 2.24) is 9.55 Å². The van der Waals surface area contributed by atoms with Crippen LogP contribution in [0.25, 0.3) is 10.2 Å². The molecule has 3 rings (SSSR count). The number of carbonyl (C=O) groups is 1. The molecule has 0 radical (unpaired) electrons. The number of ether oxygens (including phenoxy) is 1. The highest BCUT2D eigenvalue weighted by molar-refractivity contribution is 7.20. The van der Waals surface area contributed by atoms with E-state index in [4.69, 9.17) is 10.00 Å². The number of nitriles is 1. The van der Waals surface area contributed by atoms with E-state index >= 15 is 0 Å². The molecule has 0 aliphatic heterocycles. The third kappa shape index (κ3) is 3.16. The molecule has 0 atom stereocenters. The van der Waals surface area contributed by atoms with Gasteiger partial charge < -0.3 is 4.74 Å². The summed E-state index contributed by atoms with van der Waals surface area (Å²) in [5, 5.41) is 9.26. The second-order valence-corrected chi connectivity index (χ2v) is 6.50. The maximum absolute atomic E-state index is 12.6. The predicted molar refractivity (Wildman–Crippen MR) is 95.0 cm³/mol. The van der Waals surface area contributed by atoms with Gasteiger partial charge in [0.25, 0.3) is 5.56 Å². The van der Waals surface area contributed by atoms with E-state index in [-0.39, 0.29) is 5.56 Å². The Bertz CT molecular complexity index is 1040. The molecule has 25 heavy (non-hydrogen) atoms. The van der Waals surface area contributed by atoms with E-state index in [0.29, 0.717) is 38.5 Å². The first-order valence-corrected chi connectivity index (χ1v) is 8.57. The lowest BCUT2D eigenvalue weighted by Crippen LogP contribution is -2.20. The molecule has 2 aromatic heterocycles. The Balaban J connectivity index is 1.96. The van der Waals surface area contributed by atoms with Gasteiger partial charge in [0.05, 0.1) is 23.3 Å². The fraction of sp³-hybridized carbons (Fsp3) is 0.222. The van der Waals surface area contributed by atoms with Crippen LogP contribution in [0.5, 0.6) is 5.75 Å². The monoisotopic (exact) mass is 353 g/mol. The fourth-order valence-corrected chi connectivity index (χ4v) is 3.52. The second-order valence-electron chi connectivity index (χ2n) is 5.51. The van der Waals surface area contributed by atoms with Crippen LogP contribution in [0.3, 0.4) is 0 Å². The zero-order valence-corrected chi connectivity index (χ0v) is 14.6. The average Bonchev–Trinajstić information content (AvgIpc) is 2.96. The Morgan fingerprint density at radius 3 is 2.72 bits per heavy atom. The molecule has 0 amide bonds. The lowest BCUT2D eigenvalue weighted by molar-refractivity contribution is 0.0739. The SMILES string of the molecule is CCCn1cnc2sc(C(=O)Oc3ccc(C#N)cc3)c(C)c2c1=O. The van der Waals surface area contributed by atoms with Crippen molar-refractivity contribution in [2.75, 3.05) is 0 Å². The van der Waals surface area contributed by atoms with Crippen molar-refractivity contribution in [3.8, 4) is 11.8 Å². The van der Waals surface area contributed by atoms with Gasteiger partial charge in [0, 0.05) is 6.54 Å². The summed E-state index contributed by atoms with van der Waals surface area (Å²) < 4.78 is 6.91. The summed E-state index contributed by atoms with van der Waals surface area (Å²) in [7, 11) is 0. The zero-order valence-electron chi connectivity index (χ0n) is 13.8. The molecule has 6 nitrogen and oxygen atoms in total. The maximum Gasteiger partial charge on any atom is 0.354 e. The lowest BCUT2D eigenvalue weighted by atomic mass is 10.2. The summed E-state index contributed by atoms with van der Waals surface area (Å²) in [6, 6.07) is 8.28. The van der Waals surface area contributed by atoms with E-state index in [9.17, 15) is 9.59 Å². The zero-order chi connectivity index (χ0) is 18.0. The Morgan fingerprint density at radius 2 is 2.08 bits per heavy atom. The van der Waals surface area contributed by atoms with Gasteiger partial charge in [0.2, 0.25) is 0 Å². The van der Waals surface area contributed by atoms with Crippen molar-refractivity contribution in [3.05, 3.63) is 57.0 Å². The molecular weight excluding hydrogens is 338 g/mol. The molecule has 126 valence electrons. The second kappa shape index (κ2) is 6.87. The van der Waals surface area contributed by atoms with E-state index < -0.39 is 5.97 Å². The van der Waals surface area contributed by atoms with Gasteiger partial charge in [-0.25, -0.2) is 9.78 Å². The van der Waals surface area contributed by atoms with Gasteiger partial charge in [0.15, 0.2) is 0 Å². The number of rotatable bonds is 4. The fourth-order valence-electron chi connectivity index (χ4n) is 2.50. The summed E-state index contributed by atoms with van der Waals surface area (Å²) in [6.45, 7) is 4.30. The molecule has 0 saturated carbocycles. The summed E-state index contributed by atoms with van der Waals surface area (Å²) in [5.74, 6) is -0.191. The number of thiophene rings is 1. The van der Waals surface area contributed by atoms with Crippen LogP contribution >= 0.6 is 11.3 Å². The van der Waals surface area contributed by atoms with Gasteiger partial charge in [-0.3, -0.25) is 9.36 Å². The molecule has 0 unspecified atom stereocenters. The Morgan fingerprint density at radius 1 is 1.36 bits per heavy atom. The summed E-state index contributed by atoms with van der Waals surface area (Å²) in [6.07, 6.45) is 2.34. The molecule has 2 heterocycles. The third-order valence-corrected chi connectivity index (χ3v) is 4.94. The normalized spacial score (nSPS) is 10.6. The largest absolute Gasteiger partial charge is 0.422 e. The van der Waals surface area contributed by atoms with Crippen LogP contribution < -0.4 is 10.3 Å². The van der Waals surface area contributed by atoms with E-state index in [1.165, 1.54) is 6.33 Å². The molecular formula is C18H15N3O3S. The van der Waals surface area contributed by atoms with Crippen molar-refractivity contribution in [2.45, 2.75) is 26.8 Å². The number of hydrogen-bond acceptors (Lipinski definition) is 6. The highest BCUT2D eigenvalue weighted by atomic mass is 32.1. The Kier molecular flexibility index (Phi) is 4.63. The van der Waals surface area contributed by atoms with Crippen molar-refractivity contribution in [2.24, 2.45) is 0 Å². The average molecular weight is 353 g/mol. The highest BCUT2D eigenvalue weighted by Crippen LogP contribution is 2.28. The molecule has 0 aliphatic rings. The van der Waals surface area contributed by atoms with Crippen LogP contribution in [0.4, 0.5) is 0 Å². The minimum absolute atomic E-state index is 0.141. The summed E-state index contributed by atoms with van der Waals surface area (Å²) >= 11 is 1.15. The van der Waals surface area contributed by atoms with Crippen LogP contribution in [0.15, 0.2) is 35.4 Å². The number of carbonyl (C=O) groups excluding carboxylic acids is 1. The quantitative estimate of drug-likeness (QED) is 0.531. The highest BCUT2D eigenvalue weighted by Gasteiger charge is 2.21. The van der Waals surface area contributed by atoms with Crippen molar-refractivity contribution in [1.29, 1.82) is 5.26 Å². The number of esters is 1. The number of aryl methyl sites for hydroxylation is 2. The minimum Gasteiger partial charge on any atom is -0.422 e. The van der Waals surface area contributed by atoms with Gasteiger partial charge in [-0.2, -0.15) is 5.26 Å². The van der Waals surface area contributed by atoms with Crippen LogP contribution in [-0.4, -0.2) is 15.5 Å². The van der Waals surface area contributed by atoms with Gasteiger partial charge in [-0.05, 0) is 43.2 Å². The first-order valence-electron chi connectivity index (χ1n) is 7.76. The van der Waals surface area contributed by atoms with Crippen molar-refractivity contribution in [3.63, 3.8) is 0 Å². The van der Waals surface area contributed by atoms with Crippen LogP contribution in [0.1, 0.15) is 34.1 Å². The van der Waals surface area contributed by atoms with Gasteiger partial charge >= 0.3 is 5.97 Å². The van der Waals surface area contributed by atoms with E-state index in [1.807, 2.05) is 13.0 Å². The molecule has 1 aromatic carbocycles. The van der Waals surface area contributed by atoms with E-state index in [0.717, 1.165) is 17.8 Å². The number of fused-ring (bicyclic) bond motifs is 1. The molecule has 0 bridgehead atoms. The Hall–Kier alpha value is -2.98. The molecule has 0 N–H and O–H groups in total. The number of benzene rings is 1. The minimum atomic E-state index is -0.536. The summed E-state index contributed by atoms with van der Waals surface area (Å²) in [5.41, 5.74) is 0.929. The maximum atomic E-state index is 12.6. The molecule has 0 spiro atoms. The predicted octanol–water partition coefficient (Wildman–Crippen LogP) is 3.27. The standard InChI is InChI=1S/C18H15N3O3S/c1-3-8-21-10-20-16-14(17(21)22)11(2)15(25-16)18(23)24-13-6-4-12(9-19)5-7-13/h4-7,10H,3,8H2,1-2H3. The topological polar surface area (TPSA) is 85.0 Å². The van der Waals surface area contributed by atoms with Gasteiger partial charge in [0.1, 0.15) is 15.5 Å². The van der Waals surface area contributed by atoms with E-state index in [1.54, 1.807) is 35.8 Å². The molecule has 3 aromatic rings. The molecule has 0 aliphatic carbocycles. The molecule has 7 heteroatoms. The van der Waals surface area contributed by atoms with Crippen LogP contribution in [0, 0.1) is 18.3 Å². The lowest BCUT2D eigenvalue weighted by Gasteiger charge is -2.03. The summed E-state index contributed by atoms with van der Waals surface area (Å²) in [4.78, 5) is 30.2. The van der Waals surface area contributed by atoms with Crippen LogP contribution in [-0.2, 0) is 6.54 Å². The number of nitrogens with zero attached hydrogens (tertiary/aromatic N) is 3. The van der Waals surface area contributed by atoms with Gasteiger partial charge in [-0.1, -0.05) is 6.92 Å². The first kappa shape index (κ1) is 16.9. The smallest absolute Gasteiger partial charge is 0.354 e. The third-order valence-electron chi connectivity index (χ3n) is 3.76. The van der Waals surface area contributed by atoms with Crippen molar-refractivity contribution < 1.29 is 9.53 Å². The van der Waals surface area contributed by atoms with Gasteiger partial charge in [-0.15, -0.1) is 11.3 Å². The number of hydrogen-bond donors (Lipinski definition) is 0.